The first-order valence-corrected chi connectivity index (χ1v) is 6.29. The summed E-state index contributed by atoms with van der Waals surface area (Å²) in [6, 6.07) is 3.91. The van der Waals surface area contributed by atoms with Gasteiger partial charge in [-0.3, -0.25) is 0 Å². The summed E-state index contributed by atoms with van der Waals surface area (Å²) in [5.74, 6) is 1.60. The lowest BCUT2D eigenvalue weighted by molar-refractivity contribution is 0.244. The number of hydrogen-bond acceptors (Lipinski definition) is 4. The molecule has 17 heavy (non-hydrogen) atoms. The Hall–Kier alpha value is -1.29. The highest BCUT2D eigenvalue weighted by atomic mass is 16.3. The fourth-order valence-corrected chi connectivity index (χ4v) is 2.43. The fourth-order valence-electron chi connectivity index (χ4n) is 2.43. The molecule has 0 amide bonds. The Bertz CT molecular complexity index is 379. The number of piperidine rings is 1. The minimum Gasteiger partial charge on any atom is -0.397 e. The number of aliphatic hydroxyl groups is 1. The van der Waals surface area contributed by atoms with Gasteiger partial charge in [0.25, 0.3) is 0 Å². The van der Waals surface area contributed by atoms with Gasteiger partial charge in [-0.25, -0.2) is 4.98 Å². The maximum atomic E-state index is 9.01. The number of nitrogens with zero attached hydrogens (tertiary/aromatic N) is 2. The van der Waals surface area contributed by atoms with Gasteiger partial charge in [0.05, 0.1) is 11.4 Å². The minimum absolute atomic E-state index is 0.284. The predicted molar refractivity (Wildman–Crippen MR) is 70.0 cm³/mol. The van der Waals surface area contributed by atoms with E-state index < -0.39 is 0 Å². The summed E-state index contributed by atoms with van der Waals surface area (Å²) in [5, 5.41) is 9.01. The summed E-state index contributed by atoms with van der Waals surface area (Å²) in [5.41, 5.74) is 7.42. The maximum absolute atomic E-state index is 9.01. The molecule has 0 spiro atoms. The van der Waals surface area contributed by atoms with E-state index in [9.17, 15) is 0 Å². The van der Waals surface area contributed by atoms with E-state index in [0.29, 0.717) is 5.92 Å². The van der Waals surface area contributed by atoms with Crippen LogP contribution in [-0.4, -0.2) is 29.8 Å². The molecule has 0 saturated carbocycles. The summed E-state index contributed by atoms with van der Waals surface area (Å²) in [4.78, 5) is 6.83. The molecule has 1 saturated heterocycles. The van der Waals surface area contributed by atoms with Gasteiger partial charge in [0.1, 0.15) is 5.82 Å². The number of anilines is 2. The lowest BCUT2D eigenvalue weighted by Gasteiger charge is -2.33. The molecule has 0 aromatic carbocycles. The van der Waals surface area contributed by atoms with E-state index in [1.165, 1.54) is 12.8 Å². The highest BCUT2D eigenvalue weighted by Crippen LogP contribution is 2.24. The molecule has 1 aromatic heterocycles. The zero-order valence-corrected chi connectivity index (χ0v) is 10.4. The third-order valence-corrected chi connectivity index (χ3v) is 3.49. The highest BCUT2D eigenvalue weighted by molar-refractivity contribution is 5.50. The average molecular weight is 235 g/mol. The first-order chi connectivity index (χ1) is 8.20. The Kier molecular flexibility index (Phi) is 3.84. The summed E-state index contributed by atoms with van der Waals surface area (Å²) in [6.07, 6.45) is 3.28. The lowest BCUT2D eigenvalue weighted by atomic mass is 9.95. The number of rotatable bonds is 3. The van der Waals surface area contributed by atoms with Gasteiger partial charge in [-0.1, -0.05) is 0 Å². The zero-order chi connectivity index (χ0) is 12.3. The second-order valence-corrected chi connectivity index (χ2v) is 4.81. The van der Waals surface area contributed by atoms with Gasteiger partial charge in [0.15, 0.2) is 0 Å². The van der Waals surface area contributed by atoms with Crippen LogP contribution in [0.25, 0.3) is 0 Å². The molecule has 1 aromatic rings. The van der Waals surface area contributed by atoms with Crippen LogP contribution in [0.4, 0.5) is 11.5 Å². The van der Waals surface area contributed by atoms with Gasteiger partial charge in [0.2, 0.25) is 0 Å². The second kappa shape index (κ2) is 5.36. The van der Waals surface area contributed by atoms with Gasteiger partial charge >= 0.3 is 0 Å². The Balaban J connectivity index is 2.08. The molecule has 1 atom stereocenters. The molecule has 0 aliphatic carbocycles. The zero-order valence-electron chi connectivity index (χ0n) is 10.4. The molecule has 4 nitrogen and oxygen atoms in total. The van der Waals surface area contributed by atoms with Gasteiger partial charge in [-0.05, 0) is 44.2 Å². The molecular formula is C13H21N3O. The van der Waals surface area contributed by atoms with Crippen molar-refractivity contribution in [2.75, 3.05) is 30.3 Å². The van der Waals surface area contributed by atoms with Crippen molar-refractivity contribution in [1.82, 2.24) is 4.98 Å². The lowest BCUT2D eigenvalue weighted by Crippen LogP contribution is -2.36. The molecule has 3 N–H and O–H groups in total. The van der Waals surface area contributed by atoms with Crippen LogP contribution in [0.15, 0.2) is 12.1 Å². The van der Waals surface area contributed by atoms with Crippen molar-refractivity contribution in [2.45, 2.75) is 26.2 Å². The Morgan fingerprint density at radius 1 is 1.53 bits per heavy atom. The van der Waals surface area contributed by atoms with Crippen molar-refractivity contribution in [1.29, 1.82) is 0 Å². The van der Waals surface area contributed by atoms with E-state index in [0.717, 1.165) is 36.7 Å². The van der Waals surface area contributed by atoms with Crippen molar-refractivity contribution in [2.24, 2.45) is 5.92 Å². The van der Waals surface area contributed by atoms with E-state index in [1.807, 2.05) is 19.1 Å². The summed E-state index contributed by atoms with van der Waals surface area (Å²) in [6.45, 7) is 4.27. The van der Waals surface area contributed by atoms with Crippen LogP contribution in [0.5, 0.6) is 0 Å². The Morgan fingerprint density at radius 2 is 2.35 bits per heavy atom. The average Bonchev–Trinajstić information content (AvgIpc) is 2.33. The van der Waals surface area contributed by atoms with Gasteiger partial charge in [-0.15, -0.1) is 0 Å². The van der Waals surface area contributed by atoms with Crippen molar-refractivity contribution in [3.63, 3.8) is 0 Å². The first-order valence-electron chi connectivity index (χ1n) is 6.29. The quantitative estimate of drug-likeness (QED) is 0.835. The molecule has 2 rings (SSSR count). The number of aliphatic hydroxyl groups excluding tert-OH is 1. The van der Waals surface area contributed by atoms with E-state index in [2.05, 4.69) is 9.88 Å². The van der Waals surface area contributed by atoms with E-state index in [4.69, 9.17) is 10.8 Å². The van der Waals surface area contributed by atoms with Crippen LogP contribution in [0, 0.1) is 12.8 Å². The maximum Gasteiger partial charge on any atom is 0.128 e. The van der Waals surface area contributed by atoms with Crippen molar-refractivity contribution in [3.8, 4) is 0 Å². The van der Waals surface area contributed by atoms with Gasteiger partial charge in [-0.2, -0.15) is 0 Å². The van der Waals surface area contributed by atoms with Crippen molar-refractivity contribution >= 4 is 11.5 Å². The second-order valence-electron chi connectivity index (χ2n) is 4.81. The summed E-state index contributed by atoms with van der Waals surface area (Å²) in [7, 11) is 0. The molecule has 1 aliphatic rings. The predicted octanol–water partition coefficient (Wildman–Crippen LogP) is 1.57. The summed E-state index contributed by atoms with van der Waals surface area (Å²) >= 11 is 0. The SMILES string of the molecule is Cc1nc(N2CCCC(CCO)C2)ccc1N. The molecule has 2 heterocycles. The van der Waals surface area contributed by atoms with Crippen molar-refractivity contribution < 1.29 is 5.11 Å². The number of pyridine rings is 1. The smallest absolute Gasteiger partial charge is 0.128 e. The van der Waals surface area contributed by atoms with E-state index in [1.54, 1.807) is 0 Å². The van der Waals surface area contributed by atoms with Crippen LogP contribution in [0.2, 0.25) is 0 Å². The normalized spacial score (nSPS) is 20.6. The van der Waals surface area contributed by atoms with Crippen LogP contribution in [0.1, 0.15) is 25.0 Å². The van der Waals surface area contributed by atoms with E-state index >= 15 is 0 Å². The number of aryl methyl sites for hydroxylation is 1. The molecule has 1 aliphatic heterocycles. The largest absolute Gasteiger partial charge is 0.397 e. The van der Waals surface area contributed by atoms with Gasteiger partial charge < -0.3 is 15.7 Å². The standard InChI is InChI=1S/C13H21N3O/c1-10-12(14)4-5-13(15-10)16-7-2-3-11(9-16)6-8-17/h4-5,11,17H,2-3,6-9,14H2,1H3. The Labute approximate surface area is 102 Å². The molecule has 0 radical (unpaired) electrons. The van der Waals surface area contributed by atoms with Crippen LogP contribution < -0.4 is 10.6 Å². The number of hydrogen-bond donors (Lipinski definition) is 2. The topological polar surface area (TPSA) is 62.4 Å². The third kappa shape index (κ3) is 2.88. The minimum atomic E-state index is 0.284. The number of aromatic nitrogens is 1. The molecule has 0 bridgehead atoms. The Morgan fingerprint density at radius 3 is 3.06 bits per heavy atom. The highest BCUT2D eigenvalue weighted by Gasteiger charge is 2.20. The molecule has 94 valence electrons. The molecular weight excluding hydrogens is 214 g/mol. The summed E-state index contributed by atoms with van der Waals surface area (Å²) < 4.78 is 0. The van der Waals surface area contributed by atoms with Gasteiger partial charge in [0, 0.05) is 19.7 Å². The fraction of sp³-hybridized carbons (Fsp3) is 0.615. The molecule has 4 heteroatoms. The van der Waals surface area contributed by atoms with Crippen molar-refractivity contribution in [3.05, 3.63) is 17.8 Å². The van der Waals surface area contributed by atoms with E-state index in [-0.39, 0.29) is 6.61 Å². The first kappa shape index (κ1) is 12.2. The third-order valence-electron chi connectivity index (χ3n) is 3.49. The number of nitrogens with two attached hydrogens (primary N) is 1. The molecule has 1 unspecified atom stereocenters. The van der Waals surface area contributed by atoms with Crippen LogP contribution in [-0.2, 0) is 0 Å². The van der Waals surface area contributed by atoms with Crippen LogP contribution >= 0.6 is 0 Å². The number of nitrogen functional groups attached to an aromatic ring is 1. The monoisotopic (exact) mass is 235 g/mol. The van der Waals surface area contributed by atoms with Crippen LogP contribution in [0.3, 0.4) is 0 Å². The molecule has 1 fully saturated rings.